The fourth-order valence-corrected chi connectivity index (χ4v) is 12.4. The summed E-state index contributed by atoms with van der Waals surface area (Å²) in [5.74, 6) is 0. The van der Waals surface area contributed by atoms with Crippen molar-refractivity contribution in [2.75, 3.05) is 0 Å². The Morgan fingerprint density at radius 1 is 0.506 bits per heavy atom. The van der Waals surface area contributed by atoms with Crippen LogP contribution in [0.15, 0.2) is 18.2 Å². The molecule has 1 amide bonds. The van der Waals surface area contributed by atoms with Gasteiger partial charge in [-0.1, -0.05) is 6.07 Å². The number of alkyl halides is 3. The average Bonchev–Trinajstić information content (AvgIpc) is 3.26. The fourth-order valence-electron chi connectivity index (χ4n) is 12.4. The number of rotatable bonds is 28. The molecule has 0 fully saturated rings. The molecule has 0 spiro atoms. The standard InChI is InChI=1S/C16H21F3N2O3.B57/c1-15(2,3)24-14(23)21-8-10-6-11(16(17,18)19)5-4-9(10)7-12(21)13(20)22;1-30-45(31(2)3)52(44(28)29)56(53(46(32(4)5)33(6)7)47(34(8)9)35(10)11)57(54(48(36(12)13)37(14)15)49(38(16)17)39(18)19)55(50(40(20)21)41(22)23)51(42(24)25)43(26)27/h4-6,12-13,22H,7-8,20H2,1-3H3;/t12-,13-;/m0./s1. The number of benzene rings is 1. The van der Waals surface area contributed by atoms with Gasteiger partial charge >= 0.3 is 12.3 Å². The normalized spacial score (nSPS) is 12.6. The quantitative estimate of drug-likeness (QED) is 0.0648. The van der Waals surface area contributed by atoms with Gasteiger partial charge in [-0.3, -0.25) is 4.90 Å². The molecule has 65 heteroatoms. The molecule has 1 aliphatic heterocycles. The third-order valence-electron chi connectivity index (χ3n) is 15.5. The summed E-state index contributed by atoms with van der Waals surface area (Å²) in [5.41, 5.74) is 4.98. The lowest BCUT2D eigenvalue weighted by Crippen LogP contribution is -2.96. The molecule has 81 heavy (non-hydrogen) atoms. The lowest BCUT2D eigenvalue weighted by atomic mass is 8.23. The van der Waals surface area contributed by atoms with E-state index in [-0.39, 0.29) is 13.0 Å². The highest BCUT2D eigenvalue weighted by atomic mass is 19.4. The van der Waals surface area contributed by atoms with Crippen molar-refractivity contribution in [3.63, 3.8) is 0 Å². The number of carbonyl (C=O) groups is 1. The maximum absolute atomic E-state index is 12.9. The molecule has 5 nitrogen and oxygen atoms in total. The van der Waals surface area contributed by atoms with Crippen LogP contribution < -0.4 is 5.73 Å². The third kappa shape index (κ3) is 22.7. The molecule has 305 valence electrons. The molecule has 1 heterocycles. The van der Waals surface area contributed by atoms with Crippen LogP contribution in [0.4, 0.5) is 18.0 Å². The van der Waals surface area contributed by atoms with Gasteiger partial charge in [0.2, 0.25) is 0 Å². The van der Waals surface area contributed by atoms with Gasteiger partial charge in [0.25, 0.3) is 0 Å². The molecule has 0 aromatic heterocycles. The summed E-state index contributed by atoms with van der Waals surface area (Å²) < 4.78 is 43.9. The summed E-state index contributed by atoms with van der Waals surface area (Å²) in [4.78, 5) is 13.5. The number of nitrogens with two attached hydrogens (primary N) is 1. The minimum absolute atomic E-state index is 0.104. The number of hydrogen-bond acceptors (Lipinski definition) is 4. The molecule has 0 bridgehead atoms. The number of aliphatic hydroxyl groups is 1. The number of ether oxygens (including phenoxy) is 1. The van der Waals surface area contributed by atoms with Gasteiger partial charge in [0.1, 0.15) is 11.8 Å². The predicted molar refractivity (Wildman–Crippen MR) is 409 cm³/mol. The Hall–Kier alpha value is 1.90. The maximum atomic E-state index is 12.9. The smallest absolute Gasteiger partial charge is 0.416 e. The van der Waals surface area contributed by atoms with Crippen molar-refractivity contribution in [2.24, 2.45) is 5.73 Å². The van der Waals surface area contributed by atoms with E-state index in [2.05, 4.69) is 0 Å². The molecule has 0 unspecified atom stereocenters. The van der Waals surface area contributed by atoms with Gasteiger partial charge in [0.05, 0.1) is 11.6 Å². The molecule has 3 N–H and O–H groups in total. The number of amides is 1. The zero-order valence-corrected chi connectivity index (χ0v) is 46.6. The van der Waals surface area contributed by atoms with E-state index in [1.807, 2.05) is 0 Å². The van der Waals surface area contributed by atoms with E-state index in [0.29, 0.717) is 11.1 Å². The van der Waals surface area contributed by atoms with Gasteiger partial charge in [0.15, 0.2) is 0 Å². The van der Waals surface area contributed by atoms with Gasteiger partial charge in [-0.2, -0.15) is 13.2 Å². The molecule has 1 aromatic carbocycles. The Kier molecular flexibility index (Phi) is 35.5. The van der Waals surface area contributed by atoms with Crippen LogP contribution in [-0.2, 0) is 23.9 Å². The van der Waals surface area contributed by atoms with Crippen molar-refractivity contribution < 1.29 is 27.8 Å². The van der Waals surface area contributed by atoms with Crippen LogP contribution in [0.25, 0.3) is 0 Å². The lowest BCUT2D eigenvalue weighted by molar-refractivity contribution is -0.137. The molecule has 1 aromatic rings. The Morgan fingerprint density at radius 2 is 0.778 bits per heavy atom. The van der Waals surface area contributed by atoms with E-state index in [0.717, 1.165) is 19.2 Å². The molecule has 1 aliphatic rings. The van der Waals surface area contributed by atoms with Crippen LogP contribution in [0, 0.1) is 0 Å². The molecule has 0 saturated carbocycles. The van der Waals surface area contributed by atoms with Crippen LogP contribution in [0.3, 0.4) is 0 Å². The summed E-state index contributed by atoms with van der Waals surface area (Å²) >= 11 is 0. The molecule has 2 rings (SSSR count). The number of carbonyl (C=O) groups excluding carboxylic acids is 1. The van der Waals surface area contributed by atoms with Crippen LogP contribution >= 0.6 is 0 Å². The van der Waals surface area contributed by atoms with Gasteiger partial charge in [0, 0.05) is 410 Å². The zero-order chi connectivity index (χ0) is 63.6. The van der Waals surface area contributed by atoms with Crippen LogP contribution in [0.2, 0.25) is 0 Å². The first-order valence-electron chi connectivity index (χ1n) is 26.2. The molecule has 0 aliphatic carbocycles. The van der Waals surface area contributed by atoms with E-state index in [1.54, 1.807) is 20.8 Å². The van der Waals surface area contributed by atoms with Crippen molar-refractivity contribution in [1.29, 1.82) is 0 Å². The summed E-state index contributed by atoms with van der Waals surface area (Å²) in [5, 5.41) is 9.75. The van der Waals surface area contributed by atoms with E-state index < -0.39 is 208 Å². The summed E-state index contributed by atoms with van der Waals surface area (Å²) in [6.45, 7) is 4.93. The zero-order valence-electron chi connectivity index (χ0n) is 46.6. The Balaban J connectivity index is 0.00000112. The van der Waals surface area contributed by atoms with Gasteiger partial charge in [-0.25, -0.2) is 4.79 Å². The van der Waals surface area contributed by atoms with E-state index in [1.165, 1.54) is 11.0 Å². The summed E-state index contributed by atoms with van der Waals surface area (Å²) in [6, 6.07) is 2.61. The van der Waals surface area contributed by atoms with E-state index >= 15 is 0 Å². The number of halogens is 3. The van der Waals surface area contributed by atoms with Crippen molar-refractivity contribution >= 4 is 410 Å². The Labute approximate surface area is 536 Å². The van der Waals surface area contributed by atoms with E-state index in [4.69, 9.17) is 235 Å². The van der Waals surface area contributed by atoms with Crippen molar-refractivity contribution in [3.8, 4) is 0 Å². The van der Waals surface area contributed by atoms with Crippen LogP contribution in [-0.4, -0.2) is 438 Å². The van der Waals surface area contributed by atoms with Crippen molar-refractivity contribution in [2.45, 2.75) is 57.8 Å². The number of nitrogens with zero attached hydrogens (tertiary/aromatic N) is 1. The maximum Gasteiger partial charge on any atom is 0.416 e. The second kappa shape index (κ2) is 35.5. The van der Waals surface area contributed by atoms with E-state index in [9.17, 15) is 23.1 Å². The van der Waals surface area contributed by atoms with Crippen molar-refractivity contribution in [1.82, 2.24) is 4.90 Å². The van der Waals surface area contributed by atoms with Crippen molar-refractivity contribution in [3.05, 3.63) is 34.9 Å². The fraction of sp³-hybridized carbons (Fsp3) is 0.562. The minimum atomic E-state index is -4.46. The third-order valence-corrected chi connectivity index (χ3v) is 15.5. The molecule has 59 radical (unpaired) electrons. The monoisotopic (exact) mass is 974 g/mol. The van der Waals surface area contributed by atoms with Gasteiger partial charge in [-0.15, -0.1) is 0 Å². The molecule has 0 saturated heterocycles. The lowest BCUT2D eigenvalue weighted by Gasteiger charge is -2.58. The second-order valence-electron chi connectivity index (χ2n) is 22.6. The molecular weight excluding hydrogens is 941 g/mol. The highest BCUT2D eigenvalue weighted by Crippen LogP contribution is 2.34. The van der Waals surface area contributed by atoms with Crippen LogP contribution in [0.1, 0.15) is 37.5 Å². The summed E-state index contributed by atoms with van der Waals surface area (Å²) in [7, 11) is 191. The van der Waals surface area contributed by atoms with Gasteiger partial charge in [-0.05, 0) is 50.5 Å². The second-order valence-corrected chi connectivity index (χ2v) is 22.6. The first-order valence-corrected chi connectivity index (χ1v) is 26.2. The first-order chi connectivity index (χ1) is 36.8. The minimum Gasteiger partial charge on any atom is -0.444 e. The predicted octanol–water partition coefficient (Wildman–Crippen LogP) is -19.1. The first kappa shape index (κ1) is 80.9. The number of hydrogen-bond donors (Lipinski definition) is 2. The SMILES string of the molecule is CC(C)(C)OC(=O)N1Cc2cc(C(F)(F)F)ccc2C[C@H]1[C@@H](N)O.[B][B]B(B([B])[B])B(B([B])[B])B(B(B(B([B])[B])B([B])[B])B(B([B])[B])B([B])[B])B(B(B(B([B])[B])B([B])[B])B(B([B])[B])B([B])[B])B(B(B([B])[B])B([B])[B])B(B([B])[B])B([B])[B]. The molecule has 2 atom stereocenters. The highest BCUT2D eigenvalue weighted by molar-refractivity contribution is 8.37. The Morgan fingerprint density at radius 3 is 1.00 bits per heavy atom. The topological polar surface area (TPSA) is 75.8 Å². The number of fused-ring (bicyclic) bond motifs is 1. The summed E-state index contributed by atoms with van der Waals surface area (Å²) in [6.07, 6.45) is -43.2. The largest absolute Gasteiger partial charge is 0.444 e. The average molecular weight is 963 g/mol. The highest BCUT2D eigenvalue weighted by Gasteiger charge is 2.62. The van der Waals surface area contributed by atoms with Gasteiger partial charge < -0.3 is 15.6 Å². The molecular formula is C16H21B57F3N2O3. The number of aliphatic hydroxyl groups excluding tert-OH is 1. The Bertz CT molecular complexity index is 1820. The van der Waals surface area contributed by atoms with Crippen LogP contribution in [0.5, 0.6) is 0 Å².